The summed E-state index contributed by atoms with van der Waals surface area (Å²) in [5, 5.41) is 0. The van der Waals surface area contributed by atoms with Crippen LogP contribution >= 0.6 is 0 Å². The van der Waals surface area contributed by atoms with E-state index in [2.05, 4.69) is 62.4 Å². The van der Waals surface area contributed by atoms with Crippen molar-refractivity contribution < 1.29 is 4.74 Å². The molecule has 0 spiro atoms. The molecule has 1 heteroatoms. The number of unbranched alkanes of at least 4 members (excludes halogenated alkanes) is 7. The van der Waals surface area contributed by atoms with Gasteiger partial charge in [0.25, 0.3) is 0 Å². The van der Waals surface area contributed by atoms with Crippen molar-refractivity contribution in [2.24, 2.45) is 0 Å². The average molecular weight is 353 g/mol. The molecule has 0 atom stereocenters. The van der Waals surface area contributed by atoms with Crippen LogP contribution in [0.5, 0.6) is 5.75 Å². The Morgan fingerprint density at radius 3 is 1.73 bits per heavy atom. The minimum Gasteiger partial charge on any atom is -0.494 e. The lowest BCUT2D eigenvalue weighted by Crippen LogP contribution is -1.97. The Morgan fingerprint density at radius 1 is 0.577 bits per heavy atom. The van der Waals surface area contributed by atoms with Crippen molar-refractivity contribution in [3.05, 3.63) is 54.1 Å². The van der Waals surface area contributed by atoms with Crippen molar-refractivity contribution in [2.45, 2.75) is 78.1 Å². The molecule has 0 unspecified atom stereocenters. The summed E-state index contributed by atoms with van der Waals surface area (Å²) in [7, 11) is 0. The van der Waals surface area contributed by atoms with Gasteiger partial charge >= 0.3 is 0 Å². The molecule has 0 heterocycles. The highest BCUT2D eigenvalue weighted by Gasteiger charge is 2.00. The minimum atomic E-state index is 0.829. The van der Waals surface area contributed by atoms with E-state index in [0.717, 1.165) is 18.8 Å². The molecule has 0 radical (unpaired) electrons. The molecule has 2 rings (SSSR count). The van der Waals surface area contributed by atoms with Gasteiger partial charge in [-0.05, 0) is 48.1 Å². The number of hydrogen-bond donors (Lipinski definition) is 0. The van der Waals surface area contributed by atoms with Gasteiger partial charge in [-0.15, -0.1) is 0 Å². The van der Waals surface area contributed by atoms with Gasteiger partial charge in [0.15, 0.2) is 0 Å². The first-order chi connectivity index (χ1) is 12.8. The van der Waals surface area contributed by atoms with Crippen LogP contribution < -0.4 is 4.74 Å². The lowest BCUT2D eigenvalue weighted by atomic mass is 10.0. The van der Waals surface area contributed by atoms with Crippen LogP contribution in [-0.4, -0.2) is 6.61 Å². The average Bonchev–Trinajstić information content (AvgIpc) is 2.69. The monoisotopic (exact) mass is 352 g/mol. The van der Waals surface area contributed by atoms with Gasteiger partial charge in [0, 0.05) is 0 Å². The van der Waals surface area contributed by atoms with E-state index in [1.807, 2.05) is 0 Å². The third-order valence-corrected chi connectivity index (χ3v) is 4.98. The summed E-state index contributed by atoms with van der Waals surface area (Å²) in [6, 6.07) is 17.6. The van der Waals surface area contributed by atoms with E-state index in [4.69, 9.17) is 4.74 Å². The number of rotatable bonds is 13. The summed E-state index contributed by atoms with van der Waals surface area (Å²) in [4.78, 5) is 0. The molecule has 0 bridgehead atoms. The highest BCUT2D eigenvalue weighted by Crippen LogP contribution is 2.23. The number of ether oxygens (including phenoxy) is 1. The fourth-order valence-corrected chi connectivity index (χ4v) is 3.26. The van der Waals surface area contributed by atoms with E-state index in [-0.39, 0.29) is 0 Å². The van der Waals surface area contributed by atoms with Crippen LogP contribution in [0, 0.1) is 0 Å². The van der Waals surface area contributed by atoms with E-state index in [0.29, 0.717) is 0 Å². The first-order valence-corrected chi connectivity index (χ1v) is 10.7. The van der Waals surface area contributed by atoms with E-state index < -0.39 is 0 Å². The minimum absolute atomic E-state index is 0.829. The van der Waals surface area contributed by atoms with Crippen LogP contribution in [0.4, 0.5) is 0 Å². The van der Waals surface area contributed by atoms with E-state index in [1.165, 1.54) is 74.5 Å². The second-order valence-corrected chi connectivity index (χ2v) is 7.29. The maximum Gasteiger partial charge on any atom is 0.119 e. The molecule has 26 heavy (non-hydrogen) atoms. The van der Waals surface area contributed by atoms with Gasteiger partial charge in [-0.25, -0.2) is 0 Å². The van der Waals surface area contributed by atoms with Gasteiger partial charge in [0.2, 0.25) is 0 Å². The van der Waals surface area contributed by atoms with Gasteiger partial charge in [-0.2, -0.15) is 0 Å². The molecular weight excluding hydrogens is 316 g/mol. The summed E-state index contributed by atoms with van der Waals surface area (Å²) >= 11 is 0. The van der Waals surface area contributed by atoms with Gasteiger partial charge in [-0.3, -0.25) is 0 Å². The molecule has 142 valence electrons. The highest BCUT2D eigenvalue weighted by molar-refractivity contribution is 5.64. The van der Waals surface area contributed by atoms with Crippen LogP contribution in [0.15, 0.2) is 48.5 Å². The van der Waals surface area contributed by atoms with Gasteiger partial charge in [0.1, 0.15) is 5.75 Å². The number of hydrogen-bond acceptors (Lipinski definition) is 1. The molecule has 2 aromatic rings. The lowest BCUT2D eigenvalue weighted by molar-refractivity contribution is 0.304. The standard InChI is InChI=1S/C25H36O/c1-3-5-7-9-11-21-26-25-19-17-24(18-20-25)23-15-13-22(14-16-23)12-10-8-6-4-2/h13-20H,3-12,21H2,1-2H3. The molecule has 1 nitrogen and oxygen atoms in total. The van der Waals surface area contributed by atoms with Crippen LogP contribution in [0.25, 0.3) is 11.1 Å². The fraction of sp³-hybridized carbons (Fsp3) is 0.520. The van der Waals surface area contributed by atoms with Crippen molar-refractivity contribution in [1.29, 1.82) is 0 Å². The Bertz CT molecular complexity index is 583. The van der Waals surface area contributed by atoms with Crippen molar-refractivity contribution in [1.82, 2.24) is 0 Å². The zero-order chi connectivity index (χ0) is 18.5. The molecule has 2 aromatic carbocycles. The van der Waals surface area contributed by atoms with Crippen LogP contribution in [-0.2, 0) is 6.42 Å². The zero-order valence-corrected chi connectivity index (χ0v) is 16.8. The molecule has 0 aromatic heterocycles. The number of aryl methyl sites for hydroxylation is 1. The first kappa shape index (κ1) is 20.6. The van der Waals surface area contributed by atoms with Gasteiger partial charge in [-0.1, -0.05) is 95.2 Å². The summed E-state index contributed by atoms with van der Waals surface area (Å²) in [5.74, 6) is 0.983. The summed E-state index contributed by atoms with van der Waals surface area (Å²) in [6.45, 7) is 5.34. The molecule has 0 saturated heterocycles. The molecule has 0 aliphatic carbocycles. The van der Waals surface area contributed by atoms with Crippen LogP contribution in [0.3, 0.4) is 0 Å². The highest BCUT2D eigenvalue weighted by atomic mass is 16.5. The zero-order valence-electron chi connectivity index (χ0n) is 16.8. The second-order valence-electron chi connectivity index (χ2n) is 7.29. The van der Waals surface area contributed by atoms with Crippen molar-refractivity contribution >= 4 is 0 Å². The maximum absolute atomic E-state index is 5.86. The third-order valence-electron chi connectivity index (χ3n) is 4.98. The van der Waals surface area contributed by atoms with Gasteiger partial charge < -0.3 is 4.74 Å². The lowest BCUT2D eigenvalue weighted by Gasteiger charge is -2.08. The van der Waals surface area contributed by atoms with Crippen molar-refractivity contribution in [3.63, 3.8) is 0 Å². The Labute approximate surface area is 160 Å². The van der Waals surface area contributed by atoms with Crippen molar-refractivity contribution in [3.8, 4) is 16.9 Å². The van der Waals surface area contributed by atoms with Crippen LogP contribution in [0.2, 0.25) is 0 Å². The van der Waals surface area contributed by atoms with E-state index in [9.17, 15) is 0 Å². The normalized spacial score (nSPS) is 10.8. The quantitative estimate of drug-likeness (QED) is 0.334. The fourth-order valence-electron chi connectivity index (χ4n) is 3.26. The van der Waals surface area contributed by atoms with Crippen molar-refractivity contribution in [2.75, 3.05) is 6.61 Å². The van der Waals surface area contributed by atoms with E-state index in [1.54, 1.807) is 0 Å². The molecule has 0 amide bonds. The SMILES string of the molecule is CCCCCCCOc1ccc(-c2ccc(CCCCCC)cc2)cc1. The van der Waals surface area contributed by atoms with E-state index >= 15 is 0 Å². The predicted molar refractivity (Wildman–Crippen MR) is 114 cm³/mol. The smallest absolute Gasteiger partial charge is 0.119 e. The molecule has 0 saturated carbocycles. The Hall–Kier alpha value is -1.76. The predicted octanol–water partition coefficient (Wildman–Crippen LogP) is 7.83. The molecular formula is C25H36O. The number of benzene rings is 2. The van der Waals surface area contributed by atoms with Crippen LogP contribution in [0.1, 0.15) is 77.2 Å². The molecule has 0 aliphatic heterocycles. The Balaban J connectivity index is 1.76. The second kappa shape index (κ2) is 12.6. The molecule has 0 fully saturated rings. The summed E-state index contributed by atoms with van der Waals surface area (Å²) in [5.41, 5.74) is 4.00. The maximum atomic E-state index is 5.86. The topological polar surface area (TPSA) is 9.23 Å². The first-order valence-electron chi connectivity index (χ1n) is 10.7. The molecule has 0 N–H and O–H groups in total. The Kier molecular flexibility index (Phi) is 9.94. The van der Waals surface area contributed by atoms with Gasteiger partial charge in [0.05, 0.1) is 6.61 Å². The summed E-state index contributed by atoms with van der Waals surface area (Å²) in [6.07, 6.45) is 12.9. The molecule has 0 aliphatic rings. The largest absolute Gasteiger partial charge is 0.494 e. The summed E-state index contributed by atoms with van der Waals surface area (Å²) < 4.78 is 5.86. The third kappa shape index (κ3) is 7.64. The Morgan fingerprint density at radius 2 is 1.12 bits per heavy atom.